The Labute approximate surface area is 196 Å². The fourth-order valence-electron chi connectivity index (χ4n) is 3.46. The van der Waals surface area contributed by atoms with Crippen LogP contribution in [0.1, 0.15) is 11.4 Å². The third kappa shape index (κ3) is 4.50. The molecule has 0 atom stereocenters. The Bertz CT molecular complexity index is 1430. The molecule has 2 aromatic heterocycles. The summed E-state index contributed by atoms with van der Waals surface area (Å²) >= 11 is 0. The van der Waals surface area contributed by atoms with Gasteiger partial charge in [-0.15, -0.1) is 10.2 Å². The van der Waals surface area contributed by atoms with Gasteiger partial charge in [0.15, 0.2) is 17.3 Å². The topological polar surface area (TPSA) is 117 Å². The summed E-state index contributed by atoms with van der Waals surface area (Å²) in [6, 6.07) is 16.4. The standard InChI is InChI=1S/C23H21N5O5S/c1-15-13-16(2)28(26-15)22-9-10-23(25-24-22)33-18-5-3-17(4-6-18)27-34(29,30)19-7-8-20-21(14-19)32-12-11-31-20/h3-10,13-14,27H,11-12H2,1-2H3. The van der Waals surface area contributed by atoms with Crippen molar-refractivity contribution < 1.29 is 22.6 Å². The van der Waals surface area contributed by atoms with Crippen LogP contribution in [0.5, 0.6) is 23.1 Å². The molecule has 1 aliphatic rings. The first-order valence-electron chi connectivity index (χ1n) is 10.5. The van der Waals surface area contributed by atoms with E-state index in [0.29, 0.717) is 47.8 Å². The summed E-state index contributed by atoms with van der Waals surface area (Å²) in [5.74, 6) is 2.30. The summed E-state index contributed by atoms with van der Waals surface area (Å²) in [7, 11) is -3.81. The molecule has 0 aliphatic carbocycles. The highest BCUT2D eigenvalue weighted by atomic mass is 32.2. The van der Waals surface area contributed by atoms with E-state index in [4.69, 9.17) is 14.2 Å². The Morgan fingerprint density at radius 3 is 2.35 bits per heavy atom. The number of hydrogen-bond acceptors (Lipinski definition) is 8. The molecule has 4 aromatic rings. The lowest BCUT2D eigenvalue weighted by Crippen LogP contribution is -2.17. The lowest BCUT2D eigenvalue weighted by atomic mass is 10.3. The maximum atomic E-state index is 12.8. The number of aromatic nitrogens is 4. The summed E-state index contributed by atoms with van der Waals surface area (Å²) in [6.07, 6.45) is 0. The molecule has 0 bridgehead atoms. The van der Waals surface area contributed by atoms with Crippen LogP contribution in [0, 0.1) is 13.8 Å². The van der Waals surface area contributed by atoms with Crippen molar-refractivity contribution in [3.63, 3.8) is 0 Å². The lowest BCUT2D eigenvalue weighted by molar-refractivity contribution is 0.171. The minimum absolute atomic E-state index is 0.0788. The number of fused-ring (bicyclic) bond motifs is 1. The average molecular weight is 480 g/mol. The molecule has 0 fully saturated rings. The van der Waals surface area contributed by atoms with Crippen LogP contribution in [0.15, 0.2) is 65.6 Å². The molecule has 3 heterocycles. The van der Waals surface area contributed by atoms with E-state index in [9.17, 15) is 8.42 Å². The zero-order valence-electron chi connectivity index (χ0n) is 18.4. The summed E-state index contributed by atoms with van der Waals surface area (Å²) in [5.41, 5.74) is 2.23. The molecule has 1 N–H and O–H groups in total. The lowest BCUT2D eigenvalue weighted by Gasteiger charge is -2.19. The predicted molar refractivity (Wildman–Crippen MR) is 123 cm³/mol. The maximum absolute atomic E-state index is 12.8. The van der Waals surface area contributed by atoms with Crippen LogP contribution in [-0.2, 0) is 10.0 Å². The average Bonchev–Trinajstić information content (AvgIpc) is 3.18. The predicted octanol–water partition coefficient (Wildman–Crippen LogP) is 3.64. The second kappa shape index (κ2) is 8.67. The van der Waals surface area contributed by atoms with Crippen molar-refractivity contribution in [3.8, 4) is 28.9 Å². The number of aryl methyl sites for hydroxylation is 2. The van der Waals surface area contributed by atoms with Gasteiger partial charge in [0.25, 0.3) is 10.0 Å². The number of hydrogen-bond donors (Lipinski definition) is 1. The van der Waals surface area contributed by atoms with Crippen LogP contribution in [0.3, 0.4) is 0 Å². The first kappa shape index (κ1) is 21.7. The number of anilines is 1. The zero-order chi connectivity index (χ0) is 23.7. The largest absolute Gasteiger partial charge is 0.486 e. The number of benzene rings is 2. The van der Waals surface area contributed by atoms with E-state index in [1.807, 2.05) is 19.9 Å². The van der Waals surface area contributed by atoms with Crippen molar-refractivity contribution in [2.24, 2.45) is 0 Å². The van der Waals surface area contributed by atoms with E-state index in [2.05, 4.69) is 20.0 Å². The molecule has 0 saturated heterocycles. The van der Waals surface area contributed by atoms with Gasteiger partial charge in [-0.05, 0) is 62.4 Å². The van der Waals surface area contributed by atoms with E-state index in [0.717, 1.165) is 11.4 Å². The Hall–Kier alpha value is -4.12. The van der Waals surface area contributed by atoms with Crippen LogP contribution < -0.4 is 18.9 Å². The van der Waals surface area contributed by atoms with Crippen molar-refractivity contribution in [1.82, 2.24) is 20.0 Å². The van der Waals surface area contributed by atoms with Gasteiger partial charge < -0.3 is 14.2 Å². The summed E-state index contributed by atoms with van der Waals surface area (Å²) < 4.78 is 46.4. The van der Waals surface area contributed by atoms with E-state index in [1.54, 1.807) is 47.1 Å². The first-order valence-corrected chi connectivity index (χ1v) is 11.9. The van der Waals surface area contributed by atoms with Crippen LogP contribution in [0.25, 0.3) is 5.82 Å². The van der Waals surface area contributed by atoms with Crippen molar-refractivity contribution in [1.29, 1.82) is 0 Å². The molecule has 0 amide bonds. The van der Waals surface area contributed by atoms with E-state index in [1.165, 1.54) is 12.1 Å². The molecule has 2 aromatic carbocycles. The second-order valence-corrected chi connectivity index (χ2v) is 9.29. The molecule has 0 radical (unpaired) electrons. The van der Waals surface area contributed by atoms with Crippen LogP contribution in [0.4, 0.5) is 5.69 Å². The highest BCUT2D eigenvalue weighted by molar-refractivity contribution is 7.92. The number of nitrogens with zero attached hydrogens (tertiary/aromatic N) is 4. The Balaban J connectivity index is 1.26. The molecular weight excluding hydrogens is 458 g/mol. The minimum atomic E-state index is -3.81. The Kier molecular flexibility index (Phi) is 5.54. The van der Waals surface area contributed by atoms with Crippen molar-refractivity contribution >= 4 is 15.7 Å². The summed E-state index contributed by atoms with van der Waals surface area (Å²) in [6.45, 7) is 4.66. The number of ether oxygens (including phenoxy) is 3. The molecular formula is C23H21N5O5S. The van der Waals surface area contributed by atoms with Gasteiger partial charge in [-0.3, -0.25) is 4.72 Å². The van der Waals surface area contributed by atoms with E-state index >= 15 is 0 Å². The quantitative estimate of drug-likeness (QED) is 0.445. The monoisotopic (exact) mass is 479 g/mol. The molecule has 0 unspecified atom stereocenters. The zero-order valence-corrected chi connectivity index (χ0v) is 19.2. The van der Waals surface area contributed by atoms with E-state index < -0.39 is 10.0 Å². The van der Waals surface area contributed by atoms with Gasteiger partial charge in [0, 0.05) is 23.5 Å². The van der Waals surface area contributed by atoms with Crippen LogP contribution in [-0.4, -0.2) is 41.6 Å². The Morgan fingerprint density at radius 1 is 0.912 bits per heavy atom. The normalized spacial score (nSPS) is 12.9. The fraction of sp³-hybridized carbons (Fsp3) is 0.174. The minimum Gasteiger partial charge on any atom is -0.486 e. The van der Waals surface area contributed by atoms with Gasteiger partial charge >= 0.3 is 0 Å². The van der Waals surface area contributed by atoms with Gasteiger partial charge in [0.2, 0.25) is 5.88 Å². The number of sulfonamides is 1. The third-order valence-corrected chi connectivity index (χ3v) is 6.38. The first-order chi connectivity index (χ1) is 16.4. The van der Waals surface area contributed by atoms with Crippen molar-refractivity contribution in [3.05, 3.63) is 72.1 Å². The highest BCUT2D eigenvalue weighted by Crippen LogP contribution is 2.33. The number of nitrogens with one attached hydrogen (secondary N) is 1. The van der Waals surface area contributed by atoms with Gasteiger partial charge in [0.05, 0.1) is 10.6 Å². The molecule has 10 nitrogen and oxygen atoms in total. The smallest absolute Gasteiger partial charge is 0.262 e. The van der Waals surface area contributed by atoms with Gasteiger partial charge in [0.1, 0.15) is 19.0 Å². The fourth-order valence-corrected chi connectivity index (χ4v) is 4.53. The maximum Gasteiger partial charge on any atom is 0.262 e. The molecule has 1 aliphatic heterocycles. The molecule has 0 spiro atoms. The van der Waals surface area contributed by atoms with Gasteiger partial charge in [-0.2, -0.15) is 5.10 Å². The SMILES string of the molecule is Cc1cc(C)n(-c2ccc(Oc3ccc(NS(=O)(=O)c4ccc5c(c4)OCCO5)cc3)nn2)n1. The van der Waals surface area contributed by atoms with Gasteiger partial charge in [-0.25, -0.2) is 13.1 Å². The van der Waals surface area contributed by atoms with Crippen LogP contribution >= 0.6 is 0 Å². The molecule has 34 heavy (non-hydrogen) atoms. The van der Waals surface area contributed by atoms with Crippen molar-refractivity contribution in [2.75, 3.05) is 17.9 Å². The van der Waals surface area contributed by atoms with E-state index in [-0.39, 0.29) is 4.90 Å². The second-order valence-electron chi connectivity index (χ2n) is 7.61. The molecule has 174 valence electrons. The summed E-state index contributed by atoms with van der Waals surface area (Å²) in [5, 5.41) is 12.6. The molecule has 11 heteroatoms. The molecule has 5 rings (SSSR count). The van der Waals surface area contributed by atoms with Crippen LogP contribution in [0.2, 0.25) is 0 Å². The number of rotatable bonds is 6. The van der Waals surface area contributed by atoms with Crippen molar-refractivity contribution in [2.45, 2.75) is 18.7 Å². The van der Waals surface area contributed by atoms with Gasteiger partial charge in [-0.1, -0.05) is 0 Å². The molecule has 0 saturated carbocycles. The third-order valence-electron chi connectivity index (χ3n) is 5.01. The highest BCUT2D eigenvalue weighted by Gasteiger charge is 2.19. The Morgan fingerprint density at radius 2 is 1.68 bits per heavy atom. The summed E-state index contributed by atoms with van der Waals surface area (Å²) in [4.78, 5) is 0.0788.